The van der Waals surface area contributed by atoms with Crippen LogP contribution in [0.2, 0.25) is 0 Å². The Balaban J connectivity index is 2.85. The molecule has 2 N–H and O–H groups in total. The second-order valence-corrected chi connectivity index (χ2v) is 2.46. The van der Waals surface area contributed by atoms with Crippen LogP contribution in [-0.2, 0) is 11.3 Å². The lowest BCUT2D eigenvalue weighted by Gasteiger charge is -2.09. The first-order valence-electron chi connectivity index (χ1n) is 3.83. The Labute approximate surface area is 76.3 Å². The fourth-order valence-corrected chi connectivity index (χ4v) is 0.971. The smallest absolute Gasteiger partial charge is 0.188 e. The van der Waals surface area contributed by atoms with Crippen LogP contribution >= 0.6 is 0 Å². The number of phenols is 1. The van der Waals surface area contributed by atoms with Crippen LogP contribution in [0.5, 0.6) is 11.5 Å². The lowest BCUT2D eigenvalue weighted by atomic mass is 10.2. The Morgan fingerprint density at radius 1 is 1.38 bits per heavy atom. The van der Waals surface area contributed by atoms with Crippen molar-refractivity contribution in [2.45, 2.75) is 6.61 Å². The van der Waals surface area contributed by atoms with E-state index in [0.717, 1.165) is 0 Å². The van der Waals surface area contributed by atoms with E-state index in [0.29, 0.717) is 11.3 Å². The highest BCUT2D eigenvalue weighted by molar-refractivity contribution is 5.43. The fourth-order valence-electron chi connectivity index (χ4n) is 0.971. The number of hydrogen-bond acceptors (Lipinski definition) is 4. The van der Waals surface area contributed by atoms with E-state index in [1.165, 1.54) is 13.2 Å². The molecule has 0 fully saturated rings. The van der Waals surface area contributed by atoms with Gasteiger partial charge in [0, 0.05) is 7.11 Å². The van der Waals surface area contributed by atoms with Crippen molar-refractivity contribution in [3.8, 4) is 11.5 Å². The van der Waals surface area contributed by atoms with Crippen molar-refractivity contribution in [3.63, 3.8) is 0 Å². The topological polar surface area (TPSA) is 58.9 Å². The number of aliphatic hydroxyl groups excluding tert-OH is 1. The van der Waals surface area contributed by atoms with Gasteiger partial charge in [-0.3, -0.25) is 0 Å². The van der Waals surface area contributed by atoms with Crippen LogP contribution in [0.3, 0.4) is 0 Å². The standard InChI is InChI=1S/C9H12O4/c1-12-6-13-9-4-2-3-8(11)7(9)5-10/h2-4,10-11H,5-6H2,1H3. The minimum absolute atomic E-state index is 0.0242. The van der Waals surface area contributed by atoms with Gasteiger partial charge in [-0.2, -0.15) is 0 Å². The predicted octanol–water partition coefficient (Wildman–Crippen LogP) is 0.867. The molecule has 0 aliphatic carbocycles. The molecule has 0 bridgehead atoms. The zero-order valence-corrected chi connectivity index (χ0v) is 7.36. The minimum Gasteiger partial charge on any atom is -0.507 e. The zero-order valence-electron chi connectivity index (χ0n) is 7.36. The molecule has 0 heterocycles. The van der Waals surface area contributed by atoms with Gasteiger partial charge in [-0.1, -0.05) is 6.07 Å². The third kappa shape index (κ3) is 2.34. The average Bonchev–Trinajstić information content (AvgIpc) is 2.15. The zero-order chi connectivity index (χ0) is 9.68. The fraction of sp³-hybridized carbons (Fsp3) is 0.333. The highest BCUT2D eigenvalue weighted by atomic mass is 16.7. The molecule has 1 aromatic rings. The van der Waals surface area contributed by atoms with E-state index in [1.54, 1.807) is 12.1 Å². The summed E-state index contributed by atoms with van der Waals surface area (Å²) in [4.78, 5) is 0. The molecule has 0 aliphatic rings. The first-order chi connectivity index (χ1) is 6.29. The van der Waals surface area contributed by atoms with Crippen LogP contribution in [0.15, 0.2) is 18.2 Å². The number of hydrogen-bond donors (Lipinski definition) is 2. The molecule has 1 aromatic carbocycles. The molecule has 1 rings (SSSR count). The molecule has 0 spiro atoms. The van der Waals surface area contributed by atoms with E-state index in [9.17, 15) is 5.11 Å². The van der Waals surface area contributed by atoms with E-state index in [1.807, 2.05) is 0 Å². The first kappa shape index (κ1) is 9.83. The molecule has 0 aliphatic heterocycles. The molecule has 4 heteroatoms. The van der Waals surface area contributed by atoms with Crippen molar-refractivity contribution >= 4 is 0 Å². The van der Waals surface area contributed by atoms with Crippen molar-refractivity contribution in [3.05, 3.63) is 23.8 Å². The largest absolute Gasteiger partial charge is 0.507 e. The Kier molecular flexibility index (Phi) is 3.54. The van der Waals surface area contributed by atoms with Crippen molar-refractivity contribution in [1.29, 1.82) is 0 Å². The van der Waals surface area contributed by atoms with E-state index >= 15 is 0 Å². The van der Waals surface area contributed by atoms with Gasteiger partial charge >= 0.3 is 0 Å². The SMILES string of the molecule is COCOc1cccc(O)c1CO. The maximum absolute atomic E-state index is 9.31. The molecule has 0 radical (unpaired) electrons. The summed E-state index contributed by atoms with van der Waals surface area (Å²) in [5.41, 5.74) is 0.375. The minimum atomic E-state index is -0.258. The van der Waals surface area contributed by atoms with Gasteiger partial charge in [-0.05, 0) is 12.1 Å². The van der Waals surface area contributed by atoms with E-state index in [4.69, 9.17) is 14.6 Å². The normalized spacial score (nSPS) is 10.0. The van der Waals surface area contributed by atoms with Crippen LogP contribution in [0.25, 0.3) is 0 Å². The summed E-state index contributed by atoms with van der Waals surface area (Å²) >= 11 is 0. The van der Waals surface area contributed by atoms with E-state index in [2.05, 4.69) is 0 Å². The average molecular weight is 184 g/mol. The Hall–Kier alpha value is -1.26. The molecule has 0 saturated carbocycles. The lowest BCUT2D eigenvalue weighted by molar-refractivity contribution is 0.0493. The van der Waals surface area contributed by atoms with Gasteiger partial charge in [0.15, 0.2) is 6.79 Å². The summed E-state index contributed by atoms with van der Waals surface area (Å²) in [5.74, 6) is 0.459. The van der Waals surface area contributed by atoms with Crippen molar-refractivity contribution in [2.75, 3.05) is 13.9 Å². The van der Waals surface area contributed by atoms with Gasteiger partial charge in [0.1, 0.15) is 11.5 Å². The second kappa shape index (κ2) is 4.69. The van der Waals surface area contributed by atoms with Crippen LogP contribution in [0, 0.1) is 0 Å². The number of methoxy groups -OCH3 is 1. The van der Waals surface area contributed by atoms with Crippen LogP contribution in [-0.4, -0.2) is 24.1 Å². The maximum atomic E-state index is 9.31. The molecule has 0 unspecified atom stereocenters. The summed E-state index contributed by atoms with van der Waals surface area (Å²) < 4.78 is 9.82. The van der Waals surface area contributed by atoms with Gasteiger partial charge in [-0.15, -0.1) is 0 Å². The predicted molar refractivity (Wildman–Crippen MR) is 46.5 cm³/mol. The van der Waals surface area contributed by atoms with Crippen LogP contribution in [0.1, 0.15) is 5.56 Å². The van der Waals surface area contributed by atoms with Gasteiger partial charge in [-0.25, -0.2) is 0 Å². The number of aromatic hydroxyl groups is 1. The number of aliphatic hydroxyl groups is 1. The summed E-state index contributed by atoms with van der Waals surface area (Å²) in [6.45, 7) is -0.165. The highest BCUT2D eigenvalue weighted by Gasteiger charge is 2.06. The number of benzene rings is 1. The molecule has 4 nitrogen and oxygen atoms in total. The third-order valence-electron chi connectivity index (χ3n) is 1.60. The highest BCUT2D eigenvalue weighted by Crippen LogP contribution is 2.27. The summed E-state index contributed by atoms with van der Waals surface area (Å²) in [6.07, 6.45) is 0. The van der Waals surface area contributed by atoms with Gasteiger partial charge < -0.3 is 19.7 Å². The van der Waals surface area contributed by atoms with Crippen LogP contribution in [0.4, 0.5) is 0 Å². The lowest BCUT2D eigenvalue weighted by Crippen LogP contribution is -2.01. The quantitative estimate of drug-likeness (QED) is 0.681. The molecular weight excluding hydrogens is 172 g/mol. The molecule has 13 heavy (non-hydrogen) atoms. The molecule has 72 valence electrons. The summed E-state index contributed by atoms with van der Waals surface area (Å²) in [5, 5.41) is 18.2. The molecule has 0 atom stereocenters. The maximum Gasteiger partial charge on any atom is 0.188 e. The van der Waals surface area contributed by atoms with E-state index in [-0.39, 0.29) is 19.1 Å². The Morgan fingerprint density at radius 2 is 2.15 bits per heavy atom. The monoisotopic (exact) mass is 184 g/mol. The molecule has 0 amide bonds. The molecular formula is C9H12O4. The second-order valence-electron chi connectivity index (χ2n) is 2.46. The van der Waals surface area contributed by atoms with Crippen molar-refractivity contribution < 1.29 is 19.7 Å². The summed E-state index contributed by atoms with van der Waals surface area (Å²) in [6, 6.07) is 4.79. The third-order valence-corrected chi connectivity index (χ3v) is 1.60. The molecule has 0 saturated heterocycles. The molecule has 0 aromatic heterocycles. The first-order valence-corrected chi connectivity index (χ1v) is 3.83. The van der Waals surface area contributed by atoms with Gasteiger partial charge in [0.05, 0.1) is 12.2 Å². The van der Waals surface area contributed by atoms with Gasteiger partial charge in [0.2, 0.25) is 0 Å². The van der Waals surface area contributed by atoms with Crippen LogP contribution < -0.4 is 4.74 Å². The van der Waals surface area contributed by atoms with E-state index < -0.39 is 0 Å². The number of rotatable bonds is 4. The number of ether oxygens (including phenoxy) is 2. The van der Waals surface area contributed by atoms with Crippen molar-refractivity contribution in [1.82, 2.24) is 0 Å². The van der Waals surface area contributed by atoms with Crippen molar-refractivity contribution in [2.24, 2.45) is 0 Å². The Bertz CT molecular complexity index is 272. The summed E-state index contributed by atoms with van der Waals surface area (Å²) in [7, 11) is 1.50. The van der Waals surface area contributed by atoms with Gasteiger partial charge in [0.25, 0.3) is 0 Å². The Morgan fingerprint density at radius 3 is 2.77 bits per heavy atom.